The summed E-state index contributed by atoms with van der Waals surface area (Å²) in [5, 5.41) is 5.81. The van der Waals surface area contributed by atoms with Gasteiger partial charge in [-0.1, -0.05) is 13.8 Å². The lowest BCUT2D eigenvalue weighted by Gasteiger charge is -2.31. The van der Waals surface area contributed by atoms with E-state index in [4.69, 9.17) is 0 Å². The molecule has 36 heavy (non-hydrogen) atoms. The van der Waals surface area contributed by atoms with E-state index in [1.165, 1.54) is 55.7 Å². The summed E-state index contributed by atoms with van der Waals surface area (Å²) in [7, 11) is -2.92. The third-order valence-corrected chi connectivity index (χ3v) is 10.9. The average molecular weight is 526 g/mol. The van der Waals surface area contributed by atoms with Gasteiger partial charge in [0.1, 0.15) is 21.0 Å². The van der Waals surface area contributed by atoms with Gasteiger partial charge in [-0.2, -0.15) is 5.10 Å². The maximum Gasteiger partial charge on any atom is 0.158 e. The van der Waals surface area contributed by atoms with E-state index >= 15 is 0 Å². The summed E-state index contributed by atoms with van der Waals surface area (Å²) in [5.41, 5.74) is 8.54. The van der Waals surface area contributed by atoms with Gasteiger partial charge in [0.2, 0.25) is 0 Å². The Morgan fingerprint density at radius 2 is 1.94 bits per heavy atom. The maximum absolute atomic E-state index is 11.7. The van der Waals surface area contributed by atoms with Crippen LogP contribution >= 0.6 is 11.3 Å². The van der Waals surface area contributed by atoms with Gasteiger partial charge in [-0.05, 0) is 73.6 Å². The standard InChI is InChI=1S/C27H35N5O2S2/c1-14(2)22-23-17(5)25(20-10-19-9-18(20)11-31(19)7-8-36(6,33)34)35-27(23)30-24(22)21-12-32-26(28-13-29-32)16(4)15(21)3/h12-14,18-20,30H,7-11H2,1-6H3/t18?,19?,20-/m1/s1. The fourth-order valence-electron chi connectivity index (χ4n) is 6.77. The van der Waals surface area contributed by atoms with Crippen LogP contribution in [0.2, 0.25) is 0 Å². The summed E-state index contributed by atoms with van der Waals surface area (Å²) in [6.07, 6.45) is 7.41. The minimum Gasteiger partial charge on any atom is -0.346 e. The van der Waals surface area contributed by atoms with E-state index in [0.717, 1.165) is 24.2 Å². The lowest BCUT2D eigenvalue weighted by Crippen LogP contribution is -2.37. The Balaban J connectivity index is 1.37. The van der Waals surface area contributed by atoms with Crippen molar-refractivity contribution in [2.75, 3.05) is 25.1 Å². The Hall–Kier alpha value is -2.23. The molecule has 2 fully saturated rings. The highest BCUT2D eigenvalue weighted by Crippen LogP contribution is 2.53. The van der Waals surface area contributed by atoms with Crippen molar-refractivity contribution in [3.63, 3.8) is 0 Å². The van der Waals surface area contributed by atoms with Crippen molar-refractivity contribution in [2.24, 2.45) is 5.92 Å². The molecule has 9 heteroatoms. The Morgan fingerprint density at radius 1 is 1.17 bits per heavy atom. The first-order valence-electron chi connectivity index (χ1n) is 12.9. The molecular formula is C27H35N5O2S2. The van der Waals surface area contributed by atoms with E-state index in [1.54, 1.807) is 6.33 Å². The number of hydrogen-bond acceptors (Lipinski definition) is 6. The number of nitrogens with zero attached hydrogens (tertiary/aromatic N) is 4. The molecule has 2 bridgehead atoms. The molecule has 0 radical (unpaired) electrons. The van der Waals surface area contributed by atoms with Crippen LogP contribution in [0.25, 0.3) is 27.1 Å². The largest absolute Gasteiger partial charge is 0.346 e. The number of hydrogen-bond donors (Lipinski definition) is 1. The summed E-state index contributed by atoms with van der Waals surface area (Å²) in [4.78, 5) is 13.5. The van der Waals surface area contributed by atoms with Gasteiger partial charge in [-0.25, -0.2) is 17.9 Å². The van der Waals surface area contributed by atoms with Gasteiger partial charge in [0.05, 0.1) is 11.4 Å². The molecule has 7 nitrogen and oxygen atoms in total. The maximum atomic E-state index is 11.7. The zero-order valence-electron chi connectivity index (χ0n) is 21.9. The van der Waals surface area contributed by atoms with Crippen molar-refractivity contribution in [1.82, 2.24) is 24.5 Å². The highest BCUT2D eigenvalue weighted by atomic mass is 32.2. The minimum absolute atomic E-state index is 0.266. The number of likely N-dealkylation sites (tertiary alicyclic amines) is 1. The molecule has 1 saturated heterocycles. The number of rotatable bonds is 6. The molecule has 192 valence electrons. The molecule has 2 aliphatic rings. The van der Waals surface area contributed by atoms with Crippen LogP contribution in [-0.4, -0.2) is 64.0 Å². The van der Waals surface area contributed by atoms with Crippen molar-refractivity contribution in [3.8, 4) is 11.3 Å². The fraction of sp³-hybridized carbons (Fsp3) is 0.556. The van der Waals surface area contributed by atoms with Crippen molar-refractivity contribution in [1.29, 1.82) is 0 Å². The topological polar surface area (TPSA) is 83.4 Å². The van der Waals surface area contributed by atoms with Crippen LogP contribution < -0.4 is 0 Å². The third kappa shape index (κ3) is 3.73. The number of nitrogens with one attached hydrogen (secondary N) is 1. The second kappa shape index (κ2) is 8.39. The predicted octanol–water partition coefficient (Wildman–Crippen LogP) is 5.21. The molecule has 5 heterocycles. The van der Waals surface area contributed by atoms with E-state index in [9.17, 15) is 8.42 Å². The Morgan fingerprint density at radius 3 is 2.61 bits per heavy atom. The number of piperidine rings is 1. The summed E-state index contributed by atoms with van der Waals surface area (Å²) >= 11 is 1.94. The van der Waals surface area contributed by atoms with Gasteiger partial charge in [0.15, 0.2) is 5.65 Å². The molecule has 6 rings (SSSR count). The lowest BCUT2D eigenvalue weighted by molar-refractivity contribution is 0.211. The quantitative estimate of drug-likeness (QED) is 0.374. The number of aromatic amines is 1. The molecule has 4 aromatic heterocycles. The SMILES string of the molecule is Cc1c(-c2[nH]c3sc([C@@H]4CC5CC4CN5CCS(C)(=O)=O)c(C)c3c2C(C)C)cn2ncnc2c1C. The first-order valence-corrected chi connectivity index (χ1v) is 15.8. The molecule has 1 aliphatic carbocycles. The molecule has 1 saturated carbocycles. The molecule has 0 spiro atoms. The zero-order valence-corrected chi connectivity index (χ0v) is 23.6. The Kier molecular flexibility index (Phi) is 5.63. The predicted molar refractivity (Wildman–Crippen MR) is 147 cm³/mol. The van der Waals surface area contributed by atoms with Gasteiger partial charge < -0.3 is 4.98 Å². The molecule has 0 aromatic carbocycles. The minimum atomic E-state index is -2.92. The van der Waals surface area contributed by atoms with Crippen LogP contribution in [0.4, 0.5) is 0 Å². The summed E-state index contributed by atoms with van der Waals surface area (Å²) in [5.74, 6) is 1.85. The third-order valence-electron chi connectivity index (χ3n) is 8.68. The second-order valence-corrected chi connectivity index (χ2v) is 14.6. The van der Waals surface area contributed by atoms with Crippen LogP contribution in [0.5, 0.6) is 0 Å². The monoisotopic (exact) mass is 525 g/mol. The first-order chi connectivity index (χ1) is 17.0. The average Bonchev–Trinajstić information content (AvgIpc) is 3.60. The fourth-order valence-corrected chi connectivity index (χ4v) is 8.77. The highest BCUT2D eigenvalue weighted by Gasteiger charge is 2.46. The van der Waals surface area contributed by atoms with Gasteiger partial charge in [-0.3, -0.25) is 4.90 Å². The van der Waals surface area contributed by atoms with E-state index < -0.39 is 9.84 Å². The summed E-state index contributed by atoms with van der Waals surface area (Å²) in [6, 6.07) is 0.516. The molecule has 3 atom stereocenters. The van der Waals surface area contributed by atoms with E-state index in [2.05, 4.69) is 60.8 Å². The normalized spacial score (nSPS) is 22.7. The molecule has 4 aromatic rings. The molecule has 1 N–H and O–H groups in total. The summed E-state index contributed by atoms with van der Waals surface area (Å²) in [6.45, 7) is 12.9. The number of sulfone groups is 1. The number of H-pyrrole nitrogens is 1. The number of thiophene rings is 1. The number of aromatic nitrogens is 4. The van der Waals surface area contributed by atoms with Crippen molar-refractivity contribution in [3.05, 3.63) is 39.7 Å². The van der Waals surface area contributed by atoms with Gasteiger partial charge in [-0.15, -0.1) is 11.3 Å². The summed E-state index contributed by atoms with van der Waals surface area (Å²) < 4.78 is 25.2. The molecular weight excluding hydrogens is 490 g/mol. The van der Waals surface area contributed by atoms with Gasteiger partial charge in [0.25, 0.3) is 0 Å². The Bertz CT molecular complexity index is 1590. The van der Waals surface area contributed by atoms with Crippen LogP contribution in [0, 0.1) is 26.7 Å². The zero-order chi connectivity index (χ0) is 25.5. The van der Waals surface area contributed by atoms with Crippen LogP contribution in [0.1, 0.15) is 65.7 Å². The lowest BCUT2D eigenvalue weighted by atomic mass is 9.88. The highest BCUT2D eigenvalue weighted by molar-refractivity contribution is 7.90. The van der Waals surface area contributed by atoms with Crippen molar-refractivity contribution >= 4 is 37.0 Å². The van der Waals surface area contributed by atoms with Crippen LogP contribution in [0.3, 0.4) is 0 Å². The van der Waals surface area contributed by atoms with Crippen molar-refractivity contribution in [2.45, 2.75) is 65.3 Å². The molecule has 0 amide bonds. The smallest absolute Gasteiger partial charge is 0.158 e. The van der Waals surface area contributed by atoms with Gasteiger partial charge in [0, 0.05) is 47.4 Å². The van der Waals surface area contributed by atoms with E-state index in [1.807, 2.05) is 15.9 Å². The van der Waals surface area contributed by atoms with Crippen LogP contribution in [-0.2, 0) is 9.84 Å². The molecule has 2 unspecified atom stereocenters. The number of pyridine rings is 1. The van der Waals surface area contributed by atoms with Crippen LogP contribution in [0.15, 0.2) is 12.5 Å². The Labute approximate surface area is 216 Å². The van der Waals surface area contributed by atoms with Crippen molar-refractivity contribution < 1.29 is 8.42 Å². The first kappa shape index (κ1) is 24.1. The van der Waals surface area contributed by atoms with E-state index in [0.29, 0.717) is 30.3 Å². The van der Waals surface area contributed by atoms with E-state index in [-0.39, 0.29) is 5.75 Å². The molecule has 1 aliphatic heterocycles. The van der Waals surface area contributed by atoms with Gasteiger partial charge >= 0.3 is 0 Å². The number of aryl methyl sites for hydroxylation is 2. The number of fused-ring (bicyclic) bond motifs is 4. The second-order valence-electron chi connectivity index (χ2n) is 11.3.